The van der Waals surface area contributed by atoms with Crippen LogP contribution in [-0.2, 0) is 16.1 Å². The number of esters is 1. The minimum atomic E-state index is -0.963. The van der Waals surface area contributed by atoms with Crippen molar-refractivity contribution in [1.29, 1.82) is 0 Å². The predicted molar refractivity (Wildman–Crippen MR) is 94.1 cm³/mol. The Labute approximate surface area is 153 Å². The van der Waals surface area contributed by atoms with Crippen molar-refractivity contribution in [3.63, 3.8) is 0 Å². The number of aryl methyl sites for hydroxylation is 1. The molecule has 2 aromatic carbocycles. The van der Waals surface area contributed by atoms with Gasteiger partial charge in [0, 0.05) is 23.6 Å². The normalized spacial score (nSPS) is 10.8. The van der Waals surface area contributed by atoms with E-state index in [1.165, 1.54) is 0 Å². The first-order valence-electron chi connectivity index (χ1n) is 8.31. The largest absolute Gasteiger partial charge is 0.457 e. The molecule has 0 saturated carbocycles. The van der Waals surface area contributed by atoms with Crippen LogP contribution in [0.15, 0.2) is 46.9 Å². The van der Waals surface area contributed by atoms with E-state index < -0.39 is 23.5 Å². The number of fused-ring (bicyclic) bond motifs is 1. The van der Waals surface area contributed by atoms with Gasteiger partial charge >= 0.3 is 5.97 Å². The van der Waals surface area contributed by atoms with E-state index in [9.17, 15) is 18.4 Å². The quantitative estimate of drug-likeness (QED) is 0.666. The molecule has 1 aromatic heterocycles. The second-order valence-electron chi connectivity index (χ2n) is 5.94. The van der Waals surface area contributed by atoms with Crippen LogP contribution in [0, 0.1) is 18.6 Å². The number of carbonyl (C=O) groups is 2. The van der Waals surface area contributed by atoms with Gasteiger partial charge in [-0.2, -0.15) is 0 Å². The molecule has 0 saturated heterocycles. The third kappa shape index (κ3) is 4.31. The van der Waals surface area contributed by atoms with Crippen LogP contribution >= 0.6 is 0 Å². The molecule has 5 nitrogen and oxygen atoms in total. The first-order chi connectivity index (χ1) is 13.0. The number of ether oxygens (including phenoxy) is 1. The lowest BCUT2D eigenvalue weighted by Gasteiger charge is -2.07. The molecule has 0 unspecified atom stereocenters. The summed E-state index contributed by atoms with van der Waals surface area (Å²) in [5.41, 5.74) is 1.33. The summed E-state index contributed by atoms with van der Waals surface area (Å²) in [6.45, 7) is 1.83. The molecule has 0 aliphatic heterocycles. The van der Waals surface area contributed by atoms with Gasteiger partial charge < -0.3 is 14.5 Å². The Morgan fingerprint density at radius 3 is 2.67 bits per heavy atom. The van der Waals surface area contributed by atoms with Gasteiger partial charge in [-0.25, -0.2) is 8.78 Å². The Bertz CT molecular complexity index is 997. The van der Waals surface area contributed by atoms with Gasteiger partial charge in [0.15, 0.2) is 0 Å². The lowest BCUT2D eigenvalue weighted by atomic mass is 10.1. The molecular weight excluding hydrogens is 356 g/mol. The number of amides is 1. The maximum atomic E-state index is 13.5. The third-order valence-electron chi connectivity index (χ3n) is 4.10. The third-order valence-corrected chi connectivity index (χ3v) is 4.10. The Morgan fingerprint density at radius 2 is 1.93 bits per heavy atom. The van der Waals surface area contributed by atoms with Crippen LogP contribution in [0.1, 0.15) is 28.1 Å². The number of para-hydroxylation sites is 1. The second-order valence-corrected chi connectivity index (χ2v) is 5.94. The molecule has 0 aliphatic rings. The minimum Gasteiger partial charge on any atom is -0.457 e. The molecule has 1 N–H and O–H groups in total. The smallest absolute Gasteiger partial charge is 0.308 e. The topological polar surface area (TPSA) is 68.5 Å². The van der Waals surface area contributed by atoms with Crippen molar-refractivity contribution in [2.45, 2.75) is 20.0 Å². The van der Waals surface area contributed by atoms with Crippen molar-refractivity contribution in [1.82, 2.24) is 5.32 Å². The number of benzene rings is 2. The molecule has 0 aliphatic carbocycles. The molecule has 0 radical (unpaired) electrons. The molecule has 3 rings (SSSR count). The van der Waals surface area contributed by atoms with Crippen molar-refractivity contribution in [3.05, 3.63) is 71.0 Å². The zero-order valence-electron chi connectivity index (χ0n) is 14.6. The van der Waals surface area contributed by atoms with E-state index in [0.717, 1.165) is 28.7 Å². The van der Waals surface area contributed by atoms with E-state index in [-0.39, 0.29) is 25.1 Å². The van der Waals surface area contributed by atoms with E-state index in [4.69, 9.17) is 9.15 Å². The highest BCUT2D eigenvalue weighted by atomic mass is 19.1. The Morgan fingerprint density at radius 1 is 1.15 bits per heavy atom. The molecule has 1 heterocycles. The van der Waals surface area contributed by atoms with Crippen LogP contribution < -0.4 is 5.32 Å². The minimum absolute atomic E-state index is 0.0140. The zero-order valence-corrected chi connectivity index (χ0v) is 14.6. The van der Waals surface area contributed by atoms with Crippen molar-refractivity contribution in [3.8, 4) is 0 Å². The number of hydrogen-bond acceptors (Lipinski definition) is 4. The number of furan rings is 1. The van der Waals surface area contributed by atoms with Crippen LogP contribution in [-0.4, -0.2) is 18.4 Å². The highest BCUT2D eigenvalue weighted by molar-refractivity contribution is 5.94. The Hall–Kier alpha value is -3.22. The maximum Gasteiger partial charge on any atom is 0.308 e. The van der Waals surface area contributed by atoms with Crippen molar-refractivity contribution < 1.29 is 27.5 Å². The van der Waals surface area contributed by atoms with Gasteiger partial charge in [0.05, 0.1) is 12.0 Å². The molecule has 140 valence electrons. The number of halogens is 2. The average Bonchev–Trinajstić information content (AvgIpc) is 2.96. The second kappa shape index (κ2) is 7.99. The van der Waals surface area contributed by atoms with Gasteiger partial charge in [-0.05, 0) is 25.1 Å². The molecule has 1 amide bonds. The van der Waals surface area contributed by atoms with Gasteiger partial charge in [0.2, 0.25) is 0 Å². The lowest BCUT2D eigenvalue weighted by Crippen LogP contribution is -2.27. The Balaban J connectivity index is 1.48. The highest BCUT2D eigenvalue weighted by Crippen LogP contribution is 2.25. The maximum absolute atomic E-state index is 13.5. The van der Waals surface area contributed by atoms with E-state index in [2.05, 4.69) is 5.32 Å². The van der Waals surface area contributed by atoms with Gasteiger partial charge in [-0.3, -0.25) is 9.59 Å². The summed E-state index contributed by atoms with van der Waals surface area (Å²) in [6.07, 6.45) is -0.0895. The fraction of sp³-hybridized carbons (Fsp3) is 0.200. The fourth-order valence-electron chi connectivity index (χ4n) is 2.63. The van der Waals surface area contributed by atoms with Gasteiger partial charge in [-0.15, -0.1) is 0 Å². The predicted octanol–water partition coefficient (Wildman–Crippen LogP) is 3.88. The molecule has 0 bridgehead atoms. The van der Waals surface area contributed by atoms with E-state index in [1.54, 1.807) is 0 Å². The summed E-state index contributed by atoms with van der Waals surface area (Å²) < 4.78 is 37.2. The number of nitrogens with one attached hydrogen (secondary N) is 1. The number of hydrogen-bond donors (Lipinski definition) is 1. The van der Waals surface area contributed by atoms with Crippen LogP contribution in [0.2, 0.25) is 0 Å². The summed E-state index contributed by atoms with van der Waals surface area (Å²) in [7, 11) is 0. The number of carbonyl (C=O) groups excluding carboxylic acids is 2. The zero-order chi connectivity index (χ0) is 19.4. The molecule has 0 spiro atoms. The Kier molecular flexibility index (Phi) is 5.49. The summed E-state index contributed by atoms with van der Waals surface area (Å²) in [6, 6.07) is 10.2. The van der Waals surface area contributed by atoms with Gasteiger partial charge in [0.25, 0.3) is 5.91 Å². The van der Waals surface area contributed by atoms with Gasteiger partial charge in [0.1, 0.15) is 29.6 Å². The fourth-order valence-corrected chi connectivity index (χ4v) is 2.63. The van der Waals surface area contributed by atoms with Crippen LogP contribution in [0.4, 0.5) is 8.78 Å². The summed E-state index contributed by atoms with van der Waals surface area (Å²) in [5, 5.41) is 3.35. The van der Waals surface area contributed by atoms with Gasteiger partial charge in [-0.1, -0.05) is 18.2 Å². The molecule has 3 aromatic rings. The molecule has 0 atom stereocenters. The summed E-state index contributed by atoms with van der Waals surface area (Å²) in [4.78, 5) is 23.7. The van der Waals surface area contributed by atoms with E-state index >= 15 is 0 Å². The van der Waals surface area contributed by atoms with Crippen LogP contribution in [0.3, 0.4) is 0 Å². The standard InChI is InChI=1S/C20H17F2NO4/c1-12-14-4-2-3-5-17(14)27-18(12)11-26-19(24)8-9-23-20(25)15-7-6-13(21)10-16(15)22/h2-7,10H,8-9,11H2,1H3,(H,23,25). The SMILES string of the molecule is Cc1c(COC(=O)CCNC(=O)c2ccc(F)cc2F)oc2ccccc12. The highest BCUT2D eigenvalue weighted by Gasteiger charge is 2.14. The van der Waals surface area contributed by atoms with E-state index in [0.29, 0.717) is 11.8 Å². The number of rotatable bonds is 6. The first kappa shape index (κ1) is 18.6. The molecular formula is C20H17F2NO4. The van der Waals surface area contributed by atoms with Crippen molar-refractivity contribution in [2.75, 3.05) is 6.54 Å². The lowest BCUT2D eigenvalue weighted by molar-refractivity contribution is -0.145. The molecule has 7 heteroatoms. The summed E-state index contributed by atoms with van der Waals surface area (Å²) in [5.74, 6) is -2.44. The molecule has 27 heavy (non-hydrogen) atoms. The van der Waals surface area contributed by atoms with Crippen LogP contribution in [0.5, 0.6) is 0 Å². The first-order valence-corrected chi connectivity index (χ1v) is 8.31. The monoisotopic (exact) mass is 373 g/mol. The van der Waals surface area contributed by atoms with Crippen molar-refractivity contribution >= 4 is 22.8 Å². The summed E-state index contributed by atoms with van der Waals surface area (Å²) >= 11 is 0. The molecule has 0 fully saturated rings. The van der Waals surface area contributed by atoms with Crippen LogP contribution in [0.25, 0.3) is 11.0 Å². The van der Waals surface area contributed by atoms with E-state index in [1.807, 2.05) is 31.2 Å². The average molecular weight is 373 g/mol. The van der Waals surface area contributed by atoms with Crippen molar-refractivity contribution in [2.24, 2.45) is 0 Å².